The minimum Gasteiger partial charge on any atom is -0.354 e. The van der Waals surface area contributed by atoms with Gasteiger partial charge in [0.15, 0.2) is 0 Å². The van der Waals surface area contributed by atoms with Gasteiger partial charge in [0.25, 0.3) is 0 Å². The summed E-state index contributed by atoms with van der Waals surface area (Å²) in [6.45, 7) is 4.39. The molecule has 0 atom stereocenters. The predicted molar refractivity (Wildman–Crippen MR) is 73.4 cm³/mol. The average molecular weight is 282 g/mol. The number of nitrogens with zero attached hydrogens (tertiary/aromatic N) is 3. The molecule has 7 heteroatoms. The molecule has 0 saturated carbocycles. The van der Waals surface area contributed by atoms with Crippen LogP contribution in [0.5, 0.6) is 0 Å². The fourth-order valence-corrected chi connectivity index (χ4v) is 1.74. The van der Waals surface area contributed by atoms with E-state index in [0.717, 1.165) is 5.56 Å². The molecular weight excluding hydrogens is 269 g/mol. The molecule has 1 aromatic heterocycles. The molecule has 0 spiro atoms. The zero-order chi connectivity index (χ0) is 13.8. The molecule has 2 aromatic rings. The van der Waals surface area contributed by atoms with Gasteiger partial charge in [0.2, 0.25) is 17.2 Å². The Labute approximate surface area is 115 Å². The third-order valence-electron chi connectivity index (χ3n) is 2.24. The number of aryl methyl sites for hydroxylation is 1. The van der Waals surface area contributed by atoms with E-state index in [1.54, 1.807) is 13.0 Å². The minimum atomic E-state index is -0.324. The number of nitrogens with one attached hydrogen (secondary N) is 2. The Morgan fingerprint density at radius 1 is 1.16 bits per heavy atom. The van der Waals surface area contributed by atoms with Crippen LogP contribution in [0.3, 0.4) is 0 Å². The lowest BCUT2D eigenvalue weighted by Gasteiger charge is -2.08. The Morgan fingerprint density at radius 2 is 1.89 bits per heavy atom. The first kappa shape index (κ1) is 13.5. The SMILES string of the molecule is CCNc1nc(Cl)nc(Nc2cc(C)cc(F)c2)n1. The minimum absolute atomic E-state index is 0.0709. The number of aromatic nitrogens is 3. The summed E-state index contributed by atoms with van der Waals surface area (Å²) < 4.78 is 13.3. The van der Waals surface area contributed by atoms with Gasteiger partial charge in [-0.2, -0.15) is 15.0 Å². The van der Waals surface area contributed by atoms with Crippen molar-refractivity contribution in [2.24, 2.45) is 0 Å². The summed E-state index contributed by atoms with van der Waals surface area (Å²) >= 11 is 5.80. The van der Waals surface area contributed by atoms with Crippen molar-refractivity contribution in [1.29, 1.82) is 0 Å². The van der Waals surface area contributed by atoms with Crippen LogP contribution in [0.25, 0.3) is 0 Å². The Kier molecular flexibility index (Phi) is 4.11. The van der Waals surface area contributed by atoms with Crippen molar-refractivity contribution in [2.45, 2.75) is 13.8 Å². The van der Waals surface area contributed by atoms with E-state index in [2.05, 4.69) is 25.6 Å². The van der Waals surface area contributed by atoms with E-state index in [4.69, 9.17) is 11.6 Å². The molecule has 0 aliphatic heterocycles. The summed E-state index contributed by atoms with van der Waals surface area (Å²) in [5.41, 5.74) is 1.36. The van der Waals surface area contributed by atoms with Gasteiger partial charge in [-0.1, -0.05) is 0 Å². The number of hydrogen-bond acceptors (Lipinski definition) is 5. The molecule has 19 heavy (non-hydrogen) atoms. The summed E-state index contributed by atoms with van der Waals surface area (Å²) in [5.74, 6) is 0.314. The summed E-state index contributed by atoms with van der Waals surface area (Å²) in [4.78, 5) is 12.0. The van der Waals surface area contributed by atoms with Crippen molar-refractivity contribution in [3.8, 4) is 0 Å². The van der Waals surface area contributed by atoms with Crippen molar-refractivity contribution < 1.29 is 4.39 Å². The van der Waals surface area contributed by atoms with Crippen LogP contribution in [-0.2, 0) is 0 Å². The van der Waals surface area contributed by atoms with Crippen LogP contribution in [0, 0.1) is 12.7 Å². The summed E-state index contributed by atoms with van der Waals surface area (Å²) in [6.07, 6.45) is 0. The predicted octanol–water partition coefficient (Wildman–Crippen LogP) is 3.15. The van der Waals surface area contributed by atoms with Gasteiger partial charge in [-0.05, 0) is 49.2 Å². The van der Waals surface area contributed by atoms with E-state index < -0.39 is 0 Å². The first-order chi connectivity index (χ1) is 9.06. The Balaban J connectivity index is 2.27. The molecule has 5 nitrogen and oxygen atoms in total. The van der Waals surface area contributed by atoms with E-state index in [1.807, 2.05) is 6.92 Å². The topological polar surface area (TPSA) is 62.7 Å². The highest BCUT2D eigenvalue weighted by atomic mass is 35.5. The van der Waals surface area contributed by atoms with Crippen LogP contribution in [0.4, 0.5) is 22.0 Å². The fourth-order valence-electron chi connectivity index (χ4n) is 1.58. The van der Waals surface area contributed by atoms with E-state index in [0.29, 0.717) is 18.2 Å². The third-order valence-corrected chi connectivity index (χ3v) is 2.41. The molecule has 0 saturated heterocycles. The molecule has 0 fully saturated rings. The zero-order valence-electron chi connectivity index (χ0n) is 10.5. The fraction of sp³-hybridized carbons (Fsp3) is 0.250. The molecule has 0 aliphatic rings. The monoisotopic (exact) mass is 281 g/mol. The van der Waals surface area contributed by atoms with Gasteiger partial charge < -0.3 is 10.6 Å². The van der Waals surface area contributed by atoms with Gasteiger partial charge in [0.1, 0.15) is 5.82 Å². The maximum atomic E-state index is 13.3. The molecule has 2 N–H and O–H groups in total. The Hall–Kier alpha value is -1.95. The Bertz CT molecular complexity index is 570. The molecule has 0 unspecified atom stereocenters. The maximum Gasteiger partial charge on any atom is 0.233 e. The van der Waals surface area contributed by atoms with Gasteiger partial charge in [0, 0.05) is 12.2 Å². The van der Waals surface area contributed by atoms with Crippen LogP contribution in [0.15, 0.2) is 18.2 Å². The lowest BCUT2D eigenvalue weighted by molar-refractivity contribution is 0.627. The largest absolute Gasteiger partial charge is 0.354 e. The van der Waals surface area contributed by atoms with Crippen molar-refractivity contribution in [3.63, 3.8) is 0 Å². The highest BCUT2D eigenvalue weighted by Gasteiger charge is 2.05. The van der Waals surface area contributed by atoms with Crippen LogP contribution < -0.4 is 10.6 Å². The number of benzene rings is 1. The van der Waals surface area contributed by atoms with E-state index >= 15 is 0 Å². The first-order valence-electron chi connectivity index (χ1n) is 5.76. The molecule has 2 rings (SSSR count). The van der Waals surface area contributed by atoms with Crippen LogP contribution in [0.2, 0.25) is 5.28 Å². The number of anilines is 3. The lowest BCUT2D eigenvalue weighted by atomic mass is 10.2. The summed E-state index contributed by atoms with van der Waals surface area (Å²) in [5, 5.41) is 5.91. The molecule has 0 bridgehead atoms. The molecule has 1 aromatic carbocycles. The number of hydrogen-bond donors (Lipinski definition) is 2. The summed E-state index contributed by atoms with van der Waals surface area (Å²) in [6, 6.07) is 4.58. The smallest absolute Gasteiger partial charge is 0.233 e. The highest BCUT2D eigenvalue weighted by Crippen LogP contribution is 2.18. The van der Waals surface area contributed by atoms with Crippen LogP contribution in [0.1, 0.15) is 12.5 Å². The zero-order valence-corrected chi connectivity index (χ0v) is 11.3. The normalized spacial score (nSPS) is 10.3. The van der Waals surface area contributed by atoms with E-state index in [-0.39, 0.29) is 17.0 Å². The maximum absolute atomic E-state index is 13.3. The number of rotatable bonds is 4. The molecule has 100 valence electrons. The molecule has 0 amide bonds. The van der Waals surface area contributed by atoms with Gasteiger partial charge in [-0.15, -0.1) is 0 Å². The van der Waals surface area contributed by atoms with Gasteiger partial charge in [-0.25, -0.2) is 4.39 Å². The van der Waals surface area contributed by atoms with Gasteiger partial charge in [0.05, 0.1) is 0 Å². The van der Waals surface area contributed by atoms with E-state index in [1.165, 1.54) is 12.1 Å². The molecule has 0 radical (unpaired) electrons. The first-order valence-corrected chi connectivity index (χ1v) is 6.14. The molecule has 1 heterocycles. The lowest BCUT2D eigenvalue weighted by Crippen LogP contribution is -2.06. The van der Waals surface area contributed by atoms with Crippen molar-refractivity contribution in [2.75, 3.05) is 17.2 Å². The number of halogens is 2. The molecular formula is C12H13ClFN5. The van der Waals surface area contributed by atoms with Gasteiger partial charge in [-0.3, -0.25) is 0 Å². The molecule has 0 aliphatic carbocycles. The van der Waals surface area contributed by atoms with Crippen molar-refractivity contribution in [3.05, 3.63) is 34.9 Å². The van der Waals surface area contributed by atoms with Gasteiger partial charge >= 0.3 is 0 Å². The second-order valence-corrected chi connectivity index (χ2v) is 4.26. The van der Waals surface area contributed by atoms with Crippen molar-refractivity contribution >= 4 is 29.2 Å². The van der Waals surface area contributed by atoms with Crippen molar-refractivity contribution in [1.82, 2.24) is 15.0 Å². The standard InChI is InChI=1S/C12H13ClFN5/c1-3-15-11-17-10(13)18-12(19-11)16-9-5-7(2)4-8(14)6-9/h4-6H,3H2,1-2H3,(H2,15,16,17,18,19). The summed E-state index contributed by atoms with van der Waals surface area (Å²) in [7, 11) is 0. The second kappa shape index (κ2) is 5.79. The van der Waals surface area contributed by atoms with Crippen LogP contribution >= 0.6 is 11.6 Å². The van der Waals surface area contributed by atoms with E-state index in [9.17, 15) is 4.39 Å². The second-order valence-electron chi connectivity index (χ2n) is 3.92. The Morgan fingerprint density at radius 3 is 2.58 bits per heavy atom. The third kappa shape index (κ3) is 3.75. The highest BCUT2D eigenvalue weighted by molar-refractivity contribution is 6.28. The quantitative estimate of drug-likeness (QED) is 0.901. The van der Waals surface area contributed by atoms with Crippen LogP contribution in [-0.4, -0.2) is 21.5 Å². The average Bonchev–Trinajstić information content (AvgIpc) is 2.26.